The molecule has 40 heavy (non-hydrogen) atoms. The van der Waals surface area contributed by atoms with E-state index in [1.807, 2.05) is 6.92 Å². The molecule has 0 radical (unpaired) electrons. The van der Waals surface area contributed by atoms with E-state index in [1.54, 1.807) is 20.8 Å². The predicted molar refractivity (Wildman–Crippen MR) is 143 cm³/mol. The summed E-state index contributed by atoms with van der Waals surface area (Å²) in [5.41, 5.74) is -2.37. The lowest BCUT2D eigenvalue weighted by Gasteiger charge is -2.31. The highest BCUT2D eigenvalue weighted by Gasteiger charge is 2.49. The molecular weight excluding hydrogens is 524 g/mol. The minimum Gasteiger partial charge on any atom is -0.443 e. The lowest BCUT2D eigenvalue weighted by atomic mass is 10.1. The Hall–Kier alpha value is -2.09. The number of carbonyl (C=O) groups excluding carboxylic acids is 1. The van der Waals surface area contributed by atoms with Gasteiger partial charge in [0.25, 0.3) is 5.56 Å². The monoisotopic (exact) mass is 568 g/mol. The number of aromatic nitrogens is 2. The van der Waals surface area contributed by atoms with E-state index < -0.39 is 53.8 Å². The lowest BCUT2D eigenvalue weighted by Crippen LogP contribution is -2.49. The molecule has 2 unspecified atom stereocenters. The summed E-state index contributed by atoms with van der Waals surface area (Å²) in [4.78, 5) is 39.5. The quantitative estimate of drug-likeness (QED) is 0.438. The van der Waals surface area contributed by atoms with Crippen LogP contribution in [0.3, 0.4) is 0 Å². The number of ether oxygens (including phenoxy) is 7. The molecule has 3 aliphatic rings. The van der Waals surface area contributed by atoms with Crippen molar-refractivity contribution in [3.63, 3.8) is 0 Å². The van der Waals surface area contributed by atoms with E-state index >= 15 is 0 Å². The van der Waals surface area contributed by atoms with E-state index in [4.69, 9.17) is 33.2 Å². The molecule has 3 fully saturated rings. The van der Waals surface area contributed by atoms with Crippen LogP contribution in [0.25, 0.3) is 0 Å². The van der Waals surface area contributed by atoms with E-state index in [1.165, 1.54) is 17.7 Å². The zero-order valence-electron chi connectivity index (χ0n) is 24.3. The second kappa shape index (κ2) is 13.7. The fraction of sp³-hybridized carbons (Fsp3) is 0.821. The second-order valence-electron chi connectivity index (χ2n) is 11.5. The second-order valence-corrected chi connectivity index (χ2v) is 11.5. The largest absolute Gasteiger partial charge is 0.443 e. The van der Waals surface area contributed by atoms with Gasteiger partial charge >= 0.3 is 11.8 Å². The van der Waals surface area contributed by atoms with Gasteiger partial charge in [0.15, 0.2) is 18.8 Å². The van der Waals surface area contributed by atoms with E-state index in [0.29, 0.717) is 24.4 Å². The zero-order valence-corrected chi connectivity index (χ0v) is 24.3. The van der Waals surface area contributed by atoms with Crippen LogP contribution in [0.4, 0.5) is 4.79 Å². The van der Waals surface area contributed by atoms with Gasteiger partial charge in [0.2, 0.25) is 0 Å². The molecule has 0 saturated carbocycles. The summed E-state index contributed by atoms with van der Waals surface area (Å²) in [6, 6.07) is 0. The van der Waals surface area contributed by atoms with E-state index in [0.717, 1.165) is 44.9 Å². The van der Waals surface area contributed by atoms with Gasteiger partial charge in [0, 0.05) is 31.6 Å². The molecule has 4 rings (SSSR count). The summed E-state index contributed by atoms with van der Waals surface area (Å²) < 4.78 is 43.9. The number of hydrogen-bond acceptors (Lipinski definition) is 10. The molecule has 0 spiro atoms. The van der Waals surface area contributed by atoms with Crippen molar-refractivity contribution in [2.24, 2.45) is 0 Å². The average molecular weight is 569 g/mol. The number of aryl methyl sites for hydroxylation is 1. The van der Waals surface area contributed by atoms with Crippen LogP contribution in [0.15, 0.2) is 15.8 Å². The molecule has 3 aliphatic heterocycles. The molecule has 6 atom stereocenters. The molecule has 0 aromatic carbocycles. The third-order valence-electron chi connectivity index (χ3n) is 6.97. The molecule has 1 aromatic heterocycles. The van der Waals surface area contributed by atoms with Crippen molar-refractivity contribution < 1.29 is 38.0 Å². The van der Waals surface area contributed by atoms with Gasteiger partial charge in [-0.05, 0) is 72.6 Å². The lowest BCUT2D eigenvalue weighted by molar-refractivity contribution is -0.225. The highest BCUT2D eigenvalue weighted by Crippen LogP contribution is 2.35. The molecule has 12 heteroatoms. The Morgan fingerprint density at radius 2 is 1.68 bits per heavy atom. The van der Waals surface area contributed by atoms with Gasteiger partial charge in [-0.15, -0.1) is 0 Å². The molecule has 3 saturated heterocycles. The molecule has 0 aliphatic carbocycles. The van der Waals surface area contributed by atoms with Crippen molar-refractivity contribution in [2.75, 3.05) is 26.4 Å². The Morgan fingerprint density at radius 1 is 1.00 bits per heavy atom. The normalized spacial score (nSPS) is 29.4. The zero-order chi connectivity index (χ0) is 28.9. The smallest absolute Gasteiger partial charge is 0.425 e. The SMILES string of the molecule is CCCO[C@H]1[C@H](OC2CCCCO2)[C@@H](COC2CCCCO2)O[C@H]1n1cc(C)c(=O)n(C(=O)OC(C)(C)C)c1=O. The average Bonchev–Trinajstić information content (AvgIpc) is 3.25. The van der Waals surface area contributed by atoms with Crippen LogP contribution in [0, 0.1) is 6.92 Å². The molecule has 4 heterocycles. The van der Waals surface area contributed by atoms with E-state index in [-0.39, 0.29) is 18.5 Å². The molecule has 226 valence electrons. The van der Waals surface area contributed by atoms with Crippen LogP contribution >= 0.6 is 0 Å². The summed E-state index contributed by atoms with van der Waals surface area (Å²) in [5.74, 6) is 0. The maximum Gasteiger partial charge on any atom is 0.425 e. The fourth-order valence-corrected chi connectivity index (χ4v) is 5.05. The van der Waals surface area contributed by atoms with Crippen LogP contribution in [0.1, 0.15) is 84.4 Å². The fourth-order valence-electron chi connectivity index (χ4n) is 5.05. The maximum absolute atomic E-state index is 13.7. The first-order chi connectivity index (χ1) is 19.1. The highest BCUT2D eigenvalue weighted by atomic mass is 16.7. The summed E-state index contributed by atoms with van der Waals surface area (Å²) >= 11 is 0. The van der Waals surface area contributed by atoms with Gasteiger partial charge in [-0.3, -0.25) is 9.36 Å². The van der Waals surface area contributed by atoms with Crippen molar-refractivity contribution >= 4 is 6.09 Å². The number of rotatable bonds is 9. The van der Waals surface area contributed by atoms with Crippen molar-refractivity contribution in [3.05, 3.63) is 32.6 Å². The van der Waals surface area contributed by atoms with Crippen molar-refractivity contribution in [1.29, 1.82) is 0 Å². The topological polar surface area (TPSA) is 126 Å². The van der Waals surface area contributed by atoms with Crippen LogP contribution < -0.4 is 11.2 Å². The van der Waals surface area contributed by atoms with E-state index in [2.05, 4.69) is 0 Å². The Labute approximate surface area is 234 Å². The number of carbonyl (C=O) groups is 1. The van der Waals surface area contributed by atoms with E-state index in [9.17, 15) is 14.4 Å². The van der Waals surface area contributed by atoms with Crippen LogP contribution in [-0.4, -0.2) is 78.1 Å². The van der Waals surface area contributed by atoms with Crippen LogP contribution in [0.2, 0.25) is 0 Å². The first kappa shape index (κ1) is 30.9. The standard InChI is InChI=1S/C28H44N2O10/c1-6-13-36-23-22(39-21-12-8-10-15-35-21)19(17-37-20-11-7-9-14-34-20)38-25(23)29-16-18(2)24(31)30(26(29)32)27(33)40-28(3,4)5/h16,19-23,25H,6-15,17H2,1-5H3/t19-,20?,21?,22-,23+,25-/m1/s1. The third-order valence-corrected chi connectivity index (χ3v) is 6.97. The molecule has 0 N–H and O–H groups in total. The Balaban J connectivity index is 1.68. The van der Waals surface area contributed by atoms with Gasteiger partial charge in [-0.1, -0.05) is 6.92 Å². The van der Waals surface area contributed by atoms with Crippen molar-refractivity contribution in [1.82, 2.24) is 9.13 Å². The number of hydrogen-bond donors (Lipinski definition) is 0. The van der Waals surface area contributed by atoms with Gasteiger partial charge in [-0.2, -0.15) is 4.57 Å². The molecular formula is C28H44N2O10. The maximum atomic E-state index is 13.7. The number of nitrogens with zero attached hydrogens (tertiary/aromatic N) is 2. The minimum absolute atomic E-state index is 0.143. The first-order valence-electron chi connectivity index (χ1n) is 14.4. The van der Waals surface area contributed by atoms with Crippen LogP contribution in [-0.2, 0) is 33.2 Å². The summed E-state index contributed by atoms with van der Waals surface area (Å²) in [6.45, 7) is 10.2. The third kappa shape index (κ3) is 7.59. The predicted octanol–water partition coefficient (Wildman–Crippen LogP) is 3.25. The molecule has 0 bridgehead atoms. The van der Waals surface area contributed by atoms with Crippen LogP contribution in [0.5, 0.6) is 0 Å². The molecule has 12 nitrogen and oxygen atoms in total. The highest BCUT2D eigenvalue weighted by molar-refractivity contribution is 5.70. The van der Waals surface area contributed by atoms with Gasteiger partial charge in [0.1, 0.15) is 23.9 Å². The molecule has 1 aromatic rings. The van der Waals surface area contributed by atoms with Crippen molar-refractivity contribution in [3.8, 4) is 0 Å². The van der Waals surface area contributed by atoms with Crippen molar-refractivity contribution in [2.45, 2.75) is 122 Å². The Morgan fingerprint density at radius 3 is 2.27 bits per heavy atom. The van der Waals surface area contributed by atoms with Gasteiger partial charge < -0.3 is 33.2 Å². The Bertz CT molecular complexity index is 1100. The molecule has 0 amide bonds. The van der Waals surface area contributed by atoms with Gasteiger partial charge in [-0.25, -0.2) is 9.59 Å². The summed E-state index contributed by atoms with van der Waals surface area (Å²) in [7, 11) is 0. The summed E-state index contributed by atoms with van der Waals surface area (Å²) in [5, 5.41) is 0. The Kier molecular flexibility index (Phi) is 10.6. The minimum atomic E-state index is -1.05. The summed E-state index contributed by atoms with van der Waals surface area (Å²) in [6.07, 6.45) is 2.70. The first-order valence-corrected chi connectivity index (χ1v) is 14.4. The van der Waals surface area contributed by atoms with Gasteiger partial charge in [0.05, 0.1) is 6.61 Å².